The number of fused-ring (bicyclic) bond motifs is 5. The molecule has 0 amide bonds. The number of rotatable bonds is 6. The van der Waals surface area contributed by atoms with E-state index < -0.39 is 29.9 Å². The van der Waals surface area contributed by atoms with E-state index in [9.17, 15) is 24.6 Å². The van der Waals surface area contributed by atoms with Crippen LogP contribution in [0.5, 0.6) is 0 Å². The second-order valence-electron chi connectivity index (χ2n) is 8.94. The van der Waals surface area contributed by atoms with Gasteiger partial charge in [0.15, 0.2) is 0 Å². The maximum absolute atomic E-state index is 13.1. The van der Waals surface area contributed by atoms with Gasteiger partial charge in [-0.1, -0.05) is 12.1 Å². The molecule has 5 heterocycles. The van der Waals surface area contributed by atoms with E-state index in [4.69, 9.17) is 14.6 Å². The summed E-state index contributed by atoms with van der Waals surface area (Å²) < 4.78 is 12.6. The van der Waals surface area contributed by atoms with Crippen LogP contribution in [0.2, 0.25) is 0 Å². The number of likely N-dealkylation sites (N-methyl/N-ethyl adjacent to an activating group) is 1. The summed E-state index contributed by atoms with van der Waals surface area (Å²) in [6.45, 7) is 0. The van der Waals surface area contributed by atoms with Gasteiger partial charge in [0.25, 0.3) is 0 Å². The number of aliphatic carboxylic acids is 2. The molecule has 2 bridgehead atoms. The molecule has 0 spiro atoms. The molecule has 0 aliphatic carbocycles. The molecule has 2 N–H and O–H groups in total. The van der Waals surface area contributed by atoms with Crippen LogP contribution in [-0.4, -0.2) is 77.1 Å². The minimum absolute atomic E-state index is 0. The minimum atomic E-state index is -1.72. The average Bonchev–Trinajstić information content (AvgIpc) is 3.09. The lowest BCUT2D eigenvalue weighted by atomic mass is 9.95. The van der Waals surface area contributed by atoms with Crippen LogP contribution in [0.3, 0.4) is 0 Å². The number of epoxide rings is 1. The molecule has 3 aliphatic rings. The van der Waals surface area contributed by atoms with Crippen LogP contribution < -0.4 is 5.11 Å². The Kier molecular flexibility index (Phi) is 7.90. The number of esters is 1. The third kappa shape index (κ3) is 4.93. The number of morpholine rings is 1. The molecule has 2 aromatic heterocycles. The molecule has 2 aromatic rings. The Hall–Kier alpha value is -1.83. The van der Waals surface area contributed by atoms with E-state index in [2.05, 4.69) is 14.1 Å². The van der Waals surface area contributed by atoms with Crippen LogP contribution in [-0.2, 0) is 29.5 Å². The SMILES string of the molecule is Br.C[N+]1(C)[C@@H]2CC(OC(=O)C(O)(c3cccs3)c3cccs3)C[C@H]1[C@@H]1O[C@@H]12.O=C([O-])CC(=O)O. The van der Waals surface area contributed by atoms with Gasteiger partial charge in [-0.25, -0.2) is 4.79 Å². The van der Waals surface area contributed by atoms with Gasteiger partial charge in [-0.15, -0.1) is 39.7 Å². The van der Waals surface area contributed by atoms with Crippen molar-refractivity contribution in [2.24, 2.45) is 0 Å². The van der Waals surface area contributed by atoms with E-state index >= 15 is 0 Å². The highest BCUT2D eigenvalue weighted by atomic mass is 79.9. The van der Waals surface area contributed by atoms with E-state index in [0.29, 0.717) is 34.0 Å². The zero-order valence-corrected chi connectivity index (χ0v) is 21.8. The molecule has 0 aromatic carbocycles. The normalized spacial score (nSPS) is 27.9. The van der Waals surface area contributed by atoms with Crippen LogP contribution in [0.4, 0.5) is 0 Å². The summed E-state index contributed by atoms with van der Waals surface area (Å²) in [7, 11) is 4.49. The fraction of sp³-hybridized carbons (Fsp3) is 0.500. The maximum Gasteiger partial charge on any atom is 0.349 e. The summed E-state index contributed by atoms with van der Waals surface area (Å²) in [6, 6.07) is 8.01. The molecule has 34 heavy (non-hydrogen) atoms. The number of ether oxygens (including phenoxy) is 2. The molecule has 186 valence electrons. The number of hydrogen-bond acceptors (Lipinski definition) is 9. The van der Waals surface area contributed by atoms with E-state index in [0.717, 1.165) is 17.3 Å². The zero-order valence-electron chi connectivity index (χ0n) is 18.5. The first kappa shape index (κ1) is 26.8. The van der Waals surface area contributed by atoms with Crippen LogP contribution in [0.25, 0.3) is 0 Å². The first-order chi connectivity index (χ1) is 15.5. The van der Waals surface area contributed by atoms with Gasteiger partial charge in [-0.2, -0.15) is 0 Å². The molecular formula is C22H26BrNO8S2. The number of carbonyl (C=O) groups is 3. The molecule has 9 nitrogen and oxygen atoms in total. The van der Waals surface area contributed by atoms with Crippen molar-refractivity contribution < 1.29 is 43.7 Å². The number of carboxylic acids is 2. The Labute approximate surface area is 214 Å². The van der Waals surface area contributed by atoms with Crippen molar-refractivity contribution in [1.29, 1.82) is 0 Å². The number of nitrogens with zero attached hydrogens (tertiary/aromatic N) is 1. The lowest BCUT2D eigenvalue weighted by Gasteiger charge is -2.45. The predicted molar refractivity (Wildman–Crippen MR) is 127 cm³/mol. The van der Waals surface area contributed by atoms with Crippen molar-refractivity contribution in [3.63, 3.8) is 0 Å². The number of hydrogen-bond donors (Lipinski definition) is 2. The second kappa shape index (κ2) is 10.0. The molecule has 5 rings (SSSR count). The Morgan fingerprint density at radius 3 is 1.97 bits per heavy atom. The van der Waals surface area contributed by atoms with Gasteiger partial charge in [-0.3, -0.25) is 4.79 Å². The van der Waals surface area contributed by atoms with Crippen molar-refractivity contribution in [1.82, 2.24) is 0 Å². The van der Waals surface area contributed by atoms with Crippen LogP contribution in [0, 0.1) is 0 Å². The number of quaternary nitrogens is 1. The lowest BCUT2D eigenvalue weighted by molar-refractivity contribution is -0.938. The quantitative estimate of drug-likeness (QED) is 0.226. The van der Waals surface area contributed by atoms with Gasteiger partial charge >= 0.3 is 11.9 Å². The van der Waals surface area contributed by atoms with Crippen molar-refractivity contribution in [2.45, 2.75) is 55.3 Å². The van der Waals surface area contributed by atoms with Crippen molar-refractivity contribution >= 4 is 57.6 Å². The number of thiophene rings is 2. The largest absolute Gasteiger partial charge is 0.550 e. The standard InChI is InChI=1S/C19H22NO4S2.C3H4O4.BrH/c1-20(2)12-9-11(10-13(20)17-16(12)24-17)23-18(21)19(22,14-5-3-7-25-14)15-6-4-8-26-15;4-2(5)1-3(6)7;/h3-8,11-13,16-17,22H,9-10H2,1-2H3;1H2,(H,4,5)(H,6,7);1H/q+1;;/p-1/t11?,12-,13+,16-,17+;;. The molecule has 0 saturated carbocycles. The number of piperidine rings is 1. The summed E-state index contributed by atoms with van der Waals surface area (Å²) in [5, 5.41) is 32.1. The summed E-state index contributed by atoms with van der Waals surface area (Å²) in [6.07, 6.45) is 1.13. The summed E-state index contributed by atoms with van der Waals surface area (Å²) in [5.41, 5.74) is -1.72. The highest BCUT2D eigenvalue weighted by molar-refractivity contribution is 8.93. The molecule has 3 fully saturated rings. The zero-order chi connectivity index (χ0) is 24.0. The third-order valence-corrected chi connectivity index (χ3v) is 8.62. The first-order valence-electron chi connectivity index (χ1n) is 10.5. The number of aliphatic hydroxyl groups is 1. The second-order valence-corrected chi connectivity index (χ2v) is 10.8. The van der Waals surface area contributed by atoms with E-state index in [-0.39, 0.29) is 23.1 Å². The molecular weight excluding hydrogens is 550 g/mol. The number of carboxylic acid groups (broad SMARTS) is 2. The van der Waals surface area contributed by atoms with Gasteiger partial charge in [0.2, 0.25) is 5.60 Å². The topological polar surface area (TPSA) is 136 Å². The van der Waals surface area contributed by atoms with E-state index in [1.165, 1.54) is 22.7 Å². The lowest BCUT2D eigenvalue weighted by Crippen LogP contribution is -2.60. The fourth-order valence-corrected chi connectivity index (χ4v) is 6.67. The Morgan fingerprint density at radius 2 is 1.62 bits per heavy atom. The van der Waals surface area contributed by atoms with Crippen molar-refractivity contribution in [2.75, 3.05) is 14.1 Å². The Balaban J connectivity index is 0.000000357. The van der Waals surface area contributed by atoms with Crippen LogP contribution in [0.15, 0.2) is 35.0 Å². The highest BCUT2D eigenvalue weighted by Crippen LogP contribution is 2.52. The van der Waals surface area contributed by atoms with E-state index in [1.54, 1.807) is 12.1 Å². The van der Waals surface area contributed by atoms with Crippen molar-refractivity contribution in [3.05, 3.63) is 44.8 Å². The maximum atomic E-state index is 13.1. The number of halogens is 1. The van der Waals surface area contributed by atoms with Gasteiger partial charge in [0.1, 0.15) is 30.4 Å². The fourth-order valence-electron chi connectivity index (χ4n) is 4.95. The smallest absolute Gasteiger partial charge is 0.349 e. The van der Waals surface area contributed by atoms with E-state index in [1.807, 2.05) is 22.9 Å². The van der Waals surface area contributed by atoms with Gasteiger partial charge < -0.3 is 34.1 Å². The van der Waals surface area contributed by atoms with Crippen molar-refractivity contribution in [3.8, 4) is 0 Å². The third-order valence-electron chi connectivity index (χ3n) is 6.66. The van der Waals surface area contributed by atoms with Gasteiger partial charge in [-0.05, 0) is 22.9 Å². The average molecular weight is 576 g/mol. The molecule has 3 saturated heterocycles. The monoisotopic (exact) mass is 575 g/mol. The summed E-state index contributed by atoms with van der Waals surface area (Å²) in [4.78, 5) is 33.0. The molecule has 12 heteroatoms. The van der Waals surface area contributed by atoms with Crippen LogP contribution in [0.1, 0.15) is 29.0 Å². The van der Waals surface area contributed by atoms with Crippen LogP contribution >= 0.6 is 39.7 Å². The number of carbonyl (C=O) groups excluding carboxylic acids is 2. The molecule has 0 radical (unpaired) electrons. The first-order valence-corrected chi connectivity index (χ1v) is 12.2. The Bertz CT molecular complexity index is 960. The van der Waals surface area contributed by atoms with Gasteiger partial charge in [0, 0.05) is 12.8 Å². The minimum Gasteiger partial charge on any atom is -0.550 e. The molecule has 5 atom stereocenters. The highest BCUT2D eigenvalue weighted by Gasteiger charge is 2.71. The Morgan fingerprint density at radius 1 is 1.12 bits per heavy atom. The summed E-state index contributed by atoms with van der Waals surface area (Å²) >= 11 is 2.74. The molecule has 1 unspecified atom stereocenters. The summed E-state index contributed by atoms with van der Waals surface area (Å²) in [5.74, 6) is -3.50. The predicted octanol–water partition coefficient (Wildman–Crippen LogP) is 1.13. The van der Waals surface area contributed by atoms with Gasteiger partial charge in [0.05, 0.1) is 36.2 Å². The molecule has 3 aliphatic heterocycles.